The van der Waals surface area contributed by atoms with Gasteiger partial charge in [0.05, 0.1) is 26.7 Å². The smallest absolute Gasteiger partial charge is 0.231 e. The van der Waals surface area contributed by atoms with E-state index in [1.165, 1.54) is 0 Å². The zero-order valence-corrected chi connectivity index (χ0v) is 23.1. The minimum atomic E-state index is -0.906. The second kappa shape index (κ2) is 13.5. The van der Waals surface area contributed by atoms with Crippen molar-refractivity contribution >= 4 is 5.91 Å². The molecule has 39 heavy (non-hydrogen) atoms. The van der Waals surface area contributed by atoms with Crippen molar-refractivity contribution in [2.24, 2.45) is 11.8 Å². The molecule has 0 bridgehead atoms. The highest BCUT2D eigenvalue weighted by molar-refractivity contribution is 5.87. The molecule has 1 amide bonds. The number of amides is 1. The van der Waals surface area contributed by atoms with Crippen LogP contribution in [0.5, 0.6) is 11.5 Å². The molecular formula is C33H39NO5. The van der Waals surface area contributed by atoms with Gasteiger partial charge in [0.2, 0.25) is 5.91 Å². The fraction of sp³-hybridized carbons (Fsp3) is 0.364. The maximum Gasteiger partial charge on any atom is 0.231 e. The summed E-state index contributed by atoms with van der Waals surface area (Å²) in [4.78, 5) is 12.0. The first-order valence-electron chi connectivity index (χ1n) is 13.6. The number of unbranched alkanes of at least 4 members (excludes halogenated alkanes) is 1. The van der Waals surface area contributed by atoms with Crippen LogP contribution in [-0.4, -0.2) is 45.0 Å². The Hall–Kier alpha value is -3.61. The molecule has 2 N–H and O–H groups in total. The number of rotatable bonds is 15. The molecule has 1 aliphatic rings. The van der Waals surface area contributed by atoms with E-state index < -0.39 is 5.60 Å². The van der Waals surface area contributed by atoms with Crippen LogP contribution in [-0.2, 0) is 15.1 Å². The zero-order valence-electron chi connectivity index (χ0n) is 23.1. The Morgan fingerprint density at radius 1 is 0.872 bits per heavy atom. The number of aliphatic hydroxyl groups excluding tert-OH is 1. The van der Waals surface area contributed by atoms with Crippen molar-refractivity contribution in [1.82, 2.24) is 5.32 Å². The molecule has 3 aromatic carbocycles. The summed E-state index contributed by atoms with van der Waals surface area (Å²) in [5.74, 6) is 1.56. The first-order valence-corrected chi connectivity index (χ1v) is 13.6. The molecule has 0 fully saturated rings. The molecule has 0 radical (unpaired) electrons. The topological polar surface area (TPSA) is 77.0 Å². The molecule has 6 heteroatoms. The zero-order chi connectivity index (χ0) is 27.7. The highest BCUT2D eigenvalue weighted by Crippen LogP contribution is 2.42. The standard InChI is InChI=1S/C33H39NO5/c1-24-21-31(24)32(36)34-20-8-7-9-25(22-35)23-39-33(26-10-5-4-6-11-26,27-12-16-29(37-2)17-13-27)28-14-18-30(38-3)19-15-28/h4-6,10-19,21,25,31,35H,7-9,20,22-23H2,1-3H3,(H,34,36). The second-order valence-electron chi connectivity index (χ2n) is 10.0. The molecule has 0 heterocycles. The number of ether oxygens (including phenoxy) is 3. The number of nitrogens with one attached hydrogen (secondary N) is 1. The lowest BCUT2D eigenvalue weighted by molar-refractivity contribution is -0.121. The first-order chi connectivity index (χ1) is 19.0. The summed E-state index contributed by atoms with van der Waals surface area (Å²) in [7, 11) is 3.31. The van der Waals surface area contributed by atoms with E-state index in [4.69, 9.17) is 14.2 Å². The highest BCUT2D eigenvalue weighted by Gasteiger charge is 2.38. The van der Waals surface area contributed by atoms with Crippen LogP contribution < -0.4 is 14.8 Å². The number of benzene rings is 3. The number of aliphatic hydroxyl groups is 1. The summed E-state index contributed by atoms with van der Waals surface area (Å²) >= 11 is 0. The van der Waals surface area contributed by atoms with E-state index in [-0.39, 0.29) is 24.3 Å². The molecule has 6 nitrogen and oxygen atoms in total. The van der Waals surface area contributed by atoms with E-state index >= 15 is 0 Å². The van der Waals surface area contributed by atoms with Gasteiger partial charge < -0.3 is 24.6 Å². The normalized spacial score (nSPS) is 15.3. The number of hydrogen-bond donors (Lipinski definition) is 2. The number of carbonyl (C=O) groups is 1. The summed E-state index contributed by atoms with van der Waals surface area (Å²) < 4.78 is 17.8. The van der Waals surface area contributed by atoms with Gasteiger partial charge in [0.15, 0.2) is 0 Å². The maximum absolute atomic E-state index is 12.0. The average Bonchev–Trinajstić information content (AvgIpc) is 3.73. The van der Waals surface area contributed by atoms with E-state index in [1.807, 2.05) is 79.7 Å². The van der Waals surface area contributed by atoms with E-state index in [2.05, 4.69) is 17.4 Å². The molecule has 0 saturated heterocycles. The van der Waals surface area contributed by atoms with E-state index in [9.17, 15) is 9.90 Å². The van der Waals surface area contributed by atoms with Gasteiger partial charge in [0.25, 0.3) is 0 Å². The Kier molecular flexibility index (Phi) is 9.79. The Morgan fingerprint density at radius 3 is 1.90 bits per heavy atom. The van der Waals surface area contributed by atoms with Crippen LogP contribution in [0.25, 0.3) is 0 Å². The van der Waals surface area contributed by atoms with Crippen molar-refractivity contribution < 1.29 is 24.1 Å². The number of carbonyl (C=O) groups excluding carboxylic acids is 1. The van der Waals surface area contributed by atoms with Gasteiger partial charge in [-0.05, 0) is 60.7 Å². The SMILES string of the molecule is COc1ccc(C(OCC(CO)CCCCNC(=O)C2C=C2C)(c2ccccc2)c2ccc(OC)cc2)cc1. The van der Waals surface area contributed by atoms with E-state index in [0.717, 1.165) is 53.0 Å². The van der Waals surface area contributed by atoms with Crippen molar-refractivity contribution in [2.45, 2.75) is 31.8 Å². The minimum Gasteiger partial charge on any atom is -0.497 e. The Bertz CT molecular complexity index is 1170. The lowest BCUT2D eigenvalue weighted by Crippen LogP contribution is -2.35. The van der Waals surface area contributed by atoms with Crippen LogP contribution in [0.3, 0.4) is 0 Å². The fourth-order valence-corrected chi connectivity index (χ4v) is 4.92. The molecular weight excluding hydrogens is 490 g/mol. The van der Waals surface area contributed by atoms with Crippen LogP contribution >= 0.6 is 0 Å². The number of methoxy groups -OCH3 is 2. The fourth-order valence-electron chi connectivity index (χ4n) is 4.92. The van der Waals surface area contributed by atoms with Gasteiger partial charge in [-0.15, -0.1) is 0 Å². The molecule has 206 valence electrons. The number of hydrogen-bond acceptors (Lipinski definition) is 5. The summed E-state index contributed by atoms with van der Waals surface area (Å²) in [6, 6.07) is 26.0. The van der Waals surface area contributed by atoms with Crippen LogP contribution in [0, 0.1) is 11.8 Å². The lowest BCUT2D eigenvalue weighted by Gasteiger charge is -2.37. The van der Waals surface area contributed by atoms with Gasteiger partial charge in [-0.1, -0.05) is 72.7 Å². The van der Waals surface area contributed by atoms with Crippen molar-refractivity contribution in [2.75, 3.05) is 34.0 Å². The maximum atomic E-state index is 12.0. The van der Waals surface area contributed by atoms with E-state index in [0.29, 0.717) is 13.2 Å². The van der Waals surface area contributed by atoms with E-state index in [1.54, 1.807) is 14.2 Å². The van der Waals surface area contributed by atoms with Gasteiger partial charge in [0.1, 0.15) is 17.1 Å². The lowest BCUT2D eigenvalue weighted by atomic mass is 9.79. The quantitative estimate of drug-likeness (QED) is 0.155. The van der Waals surface area contributed by atoms with Gasteiger partial charge in [-0.25, -0.2) is 0 Å². The first kappa shape index (κ1) is 28.4. The van der Waals surface area contributed by atoms with Crippen molar-refractivity contribution in [3.8, 4) is 11.5 Å². The molecule has 1 aliphatic carbocycles. The minimum absolute atomic E-state index is 0.00870. The molecule has 0 spiro atoms. The third-order valence-corrected chi connectivity index (χ3v) is 7.40. The van der Waals surface area contributed by atoms with Crippen LogP contribution in [0.4, 0.5) is 0 Å². The molecule has 2 unspecified atom stereocenters. The second-order valence-corrected chi connectivity index (χ2v) is 10.0. The predicted molar refractivity (Wildman–Crippen MR) is 153 cm³/mol. The summed E-state index contributed by atoms with van der Waals surface area (Å²) in [6.45, 7) is 3.00. The third-order valence-electron chi connectivity index (χ3n) is 7.40. The molecule has 0 aromatic heterocycles. The van der Waals surface area contributed by atoms with Gasteiger partial charge >= 0.3 is 0 Å². The molecule has 2 atom stereocenters. The average molecular weight is 530 g/mol. The summed E-state index contributed by atoms with van der Waals surface area (Å²) in [5.41, 5.74) is 3.14. The molecule has 4 rings (SSSR count). The Balaban J connectivity index is 1.54. The molecule has 0 saturated carbocycles. The highest BCUT2D eigenvalue weighted by atomic mass is 16.5. The predicted octanol–water partition coefficient (Wildman–Crippen LogP) is 5.48. The third kappa shape index (κ3) is 6.88. The van der Waals surface area contributed by atoms with Crippen LogP contribution in [0.1, 0.15) is 42.9 Å². The van der Waals surface area contributed by atoms with Gasteiger partial charge in [0, 0.05) is 19.1 Å². The van der Waals surface area contributed by atoms with Crippen LogP contribution in [0.15, 0.2) is 90.5 Å². The van der Waals surface area contributed by atoms with Gasteiger partial charge in [-0.3, -0.25) is 4.79 Å². The Labute approximate surface area is 231 Å². The van der Waals surface area contributed by atoms with Crippen molar-refractivity contribution in [1.29, 1.82) is 0 Å². The monoisotopic (exact) mass is 529 g/mol. The van der Waals surface area contributed by atoms with Crippen molar-refractivity contribution in [3.63, 3.8) is 0 Å². The van der Waals surface area contributed by atoms with Crippen LogP contribution in [0.2, 0.25) is 0 Å². The Morgan fingerprint density at radius 2 is 1.41 bits per heavy atom. The largest absolute Gasteiger partial charge is 0.497 e. The van der Waals surface area contributed by atoms with Gasteiger partial charge in [-0.2, -0.15) is 0 Å². The summed E-state index contributed by atoms with van der Waals surface area (Å²) in [5, 5.41) is 13.2. The molecule has 3 aromatic rings. The van der Waals surface area contributed by atoms with Crippen molar-refractivity contribution in [3.05, 3.63) is 107 Å². The molecule has 0 aliphatic heterocycles. The summed E-state index contributed by atoms with van der Waals surface area (Å²) in [6.07, 6.45) is 4.51.